The molecule has 2 amide bonds. The summed E-state index contributed by atoms with van der Waals surface area (Å²) in [6, 6.07) is 7.83. The summed E-state index contributed by atoms with van der Waals surface area (Å²) in [6.45, 7) is 1.57. The topological polar surface area (TPSA) is 130 Å². The van der Waals surface area contributed by atoms with E-state index in [9.17, 15) is 14.4 Å². The number of primary amides is 1. The van der Waals surface area contributed by atoms with E-state index in [-0.39, 0.29) is 27.4 Å². The molecule has 0 radical (unpaired) electrons. The van der Waals surface area contributed by atoms with Crippen molar-refractivity contribution in [2.45, 2.75) is 6.42 Å². The molecule has 0 spiro atoms. The number of hydrogen-bond donors (Lipinski definition) is 1. The zero-order valence-corrected chi connectivity index (χ0v) is 18.9. The number of hydrogen-bond acceptors (Lipinski definition) is 7. The van der Waals surface area contributed by atoms with Gasteiger partial charge >= 0.3 is 5.76 Å². The van der Waals surface area contributed by atoms with Crippen LogP contribution in [-0.4, -0.2) is 53.2 Å². The Morgan fingerprint density at radius 2 is 1.94 bits per heavy atom. The molecule has 0 atom stereocenters. The molecule has 2 N–H and O–H groups in total. The second-order valence-electron chi connectivity index (χ2n) is 7.17. The van der Waals surface area contributed by atoms with E-state index in [1.807, 2.05) is 0 Å². The van der Waals surface area contributed by atoms with Crippen LogP contribution in [-0.2, 0) is 11.2 Å². The maximum atomic E-state index is 12.7. The Labute approximate surface area is 197 Å². The van der Waals surface area contributed by atoms with Crippen LogP contribution in [0.3, 0.4) is 0 Å². The number of methoxy groups -OCH3 is 1. The number of carbonyl (C=O) groups is 2. The number of benzene rings is 2. The van der Waals surface area contributed by atoms with Gasteiger partial charge in [-0.25, -0.2) is 9.36 Å². The largest absolute Gasteiger partial charge is 0.454 e. The van der Waals surface area contributed by atoms with Crippen LogP contribution in [0.2, 0.25) is 10.0 Å². The smallest absolute Gasteiger partial charge is 0.446 e. The van der Waals surface area contributed by atoms with Gasteiger partial charge in [-0.3, -0.25) is 14.1 Å². The van der Waals surface area contributed by atoms with Crippen LogP contribution in [0.1, 0.15) is 26.5 Å². The Kier molecular flexibility index (Phi) is 6.41. The second-order valence-corrected chi connectivity index (χ2v) is 7.98. The maximum Gasteiger partial charge on any atom is 0.446 e. The number of nitrogens with zero attached hydrogens (tertiary/aromatic N) is 3. The van der Waals surface area contributed by atoms with E-state index in [1.54, 1.807) is 30.2 Å². The minimum absolute atomic E-state index is 0.0651. The zero-order chi connectivity index (χ0) is 23.7. The molecule has 3 aromatic rings. The Morgan fingerprint density at radius 3 is 2.61 bits per heavy atom. The zero-order valence-electron chi connectivity index (χ0n) is 17.3. The summed E-state index contributed by atoms with van der Waals surface area (Å²) in [5.74, 6) is -1.79. The lowest BCUT2D eigenvalue weighted by Gasteiger charge is -2.28. The second kappa shape index (κ2) is 9.26. The van der Waals surface area contributed by atoms with E-state index < -0.39 is 17.5 Å². The molecule has 33 heavy (non-hydrogen) atoms. The number of fused-ring (bicyclic) bond motifs is 1. The van der Waals surface area contributed by atoms with Gasteiger partial charge in [-0.05, 0) is 47.5 Å². The number of nitrogens with two attached hydrogens (primary N) is 1. The van der Waals surface area contributed by atoms with Crippen molar-refractivity contribution in [2.75, 3.05) is 26.8 Å². The van der Waals surface area contributed by atoms with Crippen LogP contribution < -0.4 is 16.2 Å². The van der Waals surface area contributed by atoms with Crippen molar-refractivity contribution in [2.24, 2.45) is 5.73 Å². The molecular weight excluding hydrogens is 475 g/mol. The molecule has 12 heteroatoms. The van der Waals surface area contributed by atoms with Crippen LogP contribution in [0.25, 0.3) is 5.69 Å². The normalized spacial score (nSPS) is 13.2. The first kappa shape index (κ1) is 22.8. The summed E-state index contributed by atoms with van der Waals surface area (Å²) in [4.78, 5) is 37.9. The monoisotopic (exact) mass is 492 g/mol. The Hall–Kier alpha value is -3.34. The number of carbonyl (C=O) groups excluding carboxylic acids is 2. The molecular formula is C21H18Cl2N4O6. The molecule has 0 unspecified atom stereocenters. The molecule has 0 bridgehead atoms. The molecule has 0 saturated heterocycles. The van der Waals surface area contributed by atoms with Crippen molar-refractivity contribution in [3.63, 3.8) is 0 Å². The summed E-state index contributed by atoms with van der Waals surface area (Å²) in [7, 11) is 1.59. The fourth-order valence-corrected chi connectivity index (χ4v) is 4.07. The number of amides is 2. The molecule has 4 rings (SSSR count). The molecule has 1 aliphatic heterocycles. The third kappa shape index (κ3) is 4.45. The lowest BCUT2D eigenvalue weighted by molar-refractivity contribution is 0.0678. The van der Waals surface area contributed by atoms with E-state index in [4.69, 9.17) is 38.4 Å². The number of rotatable bonds is 7. The van der Waals surface area contributed by atoms with Crippen LogP contribution in [0.4, 0.5) is 0 Å². The SMILES string of the molecule is COCCN1CCc2cc(Oc3c(Cl)cc(-n4c(C(N)=O)noc4=O)cc3Cl)ccc2C1=O. The number of ether oxygens (including phenoxy) is 2. The van der Waals surface area contributed by atoms with Gasteiger partial charge in [-0.1, -0.05) is 23.2 Å². The van der Waals surface area contributed by atoms with Crippen LogP contribution in [0.15, 0.2) is 39.6 Å². The minimum atomic E-state index is -0.960. The van der Waals surface area contributed by atoms with E-state index >= 15 is 0 Å². The third-order valence-corrected chi connectivity index (χ3v) is 5.66. The molecule has 1 aromatic heterocycles. The molecule has 2 heterocycles. The lowest BCUT2D eigenvalue weighted by Crippen LogP contribution is -2.39. The highest BCUT2D eigenvalue weighted by Crippen LogP contribution is 2.39. The van der Waals surface area contributed by atoms with Crippen molar-refractivity contribution in [3.05, 3.63) is 67.9 Å². The highest BCUT2D eigenvalue weighted by molar-refractivity contribution is 6.37. The Balaban J connectivity index is 1.61. The summed E-state index contributed by atoms with van der Waals surface area (Å²) in [6.07, 6.45) is 0.661. The first-order chi connectivity index (χ1) is 15.8. The molecule has 1 aliphatic rings. The van der Waals surface area contributed by atoms with Gasteiger partial charge in [0.2, 0.25) is 5.82 Å². The summed E-state index contributed by atoms with van der Waals surface area (Å²) < 4.78 is 16.3. The third-order valence-electron chi connectivity index (χ3n) is 5.10. The minimum Gasteiger partial charge on any atom is -0.454 e. The van der Waals surface area contributed by atoms with E-state index in [2.05, 4.69) is 9.68 Å². The Bertz CT molecular complexity index is 1280. The van der Waals surface area contributed by atoms with Crippen molar-refractivity contribution < 1.29 is 23.6 Å². The van der Waals surface area contributed by atoms with E-state index in [0.29, 0.717) is 37.4 Å². The maximum absolute atomic E-state index is 12.7. The number of aromatic nitrogens is 2. The Morgan fingerprint density at radius 1 is 1.21 bits per heavy atom. The van der Waals surface area contributed by atoms with Gasteiger partial charge in [0.15, 0.2) is 5.75 Å². The summed E-state index contributed by atoms with van der Waals surface area (Å²) in [5.41, 5.74) is 6.80. The fourth-order valence-electron chi connectivity index (χ4n) is 3.52. The quantitative estimate of drug-likeness (QED) is 0.536. The highest BCUT2D eigenvalue weighted by Gasteiger charge is 2.25. The van der Waals surface area contributed by atoms with E-state index in [1.165, 1.54) is 12.1 Å². The average Bonchev–Trinajstić information content (AvgIpc) is 3.17. The number of halogens is 2. The fraction of sp³-hybridized carbons (Fsp3) is 0.238. The first-order valence-corrected chi connectivity index (χ1v) is 10.5. The van der Waals surface area contributed by atoms with Crippen LogP contribution >= 0.6 is 23.2 Å². The van der Waals surface area contributed by atoms with Gasteiger partial charge in [0.1, 0.15) is 5.75 Å². The molecule has 172 valence electrons. The van der Waals surface area contributed by atoms with Crippen molar-refractivity contribution in [3.8, 4) is 17.2 Å². The van der Waals surface area contributed by atoms with Crippen LogP contribution in [0.5, 0.6) is 11.5 Å². The van der Waals surface area contributed by atoms with Gasteiger partial charge in [0.25, 0.3) is 11.8 Å². The van der Waals surface area contributed by atoms with Crippen molar-refractivity contribution in [1.29, 1.82) is 0 Å². The van der Waals surface area contributed by atoms with Gasteiger partial charge in [-0.15, -0.1) is 0 Å². The highest BCUT2D eigenvalue weighted by atomic mass is 35.5. The van der Waals surface area contributed by atoms with Crippen LogP contribution in [0, 0.1) is 0 Å². The molecule has 10 nitrogen and oxygen atoms in total. The van der Waals surface area contributed by atoms with Crippen molar-refractivity contribution in [1.82, 2.24) is 14.6 Å². The standard InChI is InChI=1S/C21H18Cl2N4O6/c1-31-7-6-26-5-4-11-8-13(2-3-14(11)20(26)29)32-17-15(22)9-12(10-16(17)23)27-19(18(24)28)25-33-21(27)30/h2-3,8-10H,4-7H2,1H3,(H2,24,28). The average molecular weight is 493 g/mol. The molecule has 0 fully saturated rings. The van der Waals surface area contributed by atoms with Crippen molar-refractivity contribution >= 4 is 35.0 Å². The predicted molar refractivity (Wildman–Crippen MR) is 119 cm³/mol. The van der Waals surface area contributed by atoms with Gasteiger partial charge in [-0.2, -0.15) is 0 Å². The van der Waals surface area contributed by atoms with Gasteiger partial charge < -0.3 is 20.1 Å². The summed E-state index contributed by atoms with van der Waals surface area (Å²) in [5, 5.41) is 3.50. The lowest BCUT2D eigenvalue weighted by atomic mass is 9.98. The van der Waals surface area contributed by atoms with Gasteiger partial charge in [0, 0.05) is 25.8 Å². The summed E-state index contributed by atoms with van der Waals surface area (Å²) >= 11 is 12.7. The molecule has 0 saturated carbocycles. The molecule has 2 aromatic carbocycles. The first-order valence-electron chi connectivity index (χ1n) is 9.77. The predicted octanol–water partition coefficient (Wildman–Crippen LogP) is 2.67. The molecule has 0 aliphatic carbocycles. The van der Waals surface area contributed by atoms with Gasteiger partial charge in [0.05, 0.1) is 22.3 Å². The van der Waals surface area contributed by atoms with E-state index in [0.717, 1.165) is 10.1 Å².